The molecule has 0 unspecified atom stereocenters. The van der Waals surface area contributed by atoms with E-state index in [4.69, 9.17) is 14.6 Å². The smallest absolute Gasteiger partial charge is 0.354 e. The Morgan fingerprint density at radius 2 is 1.79 bits per heavy atom. The highest BCUT2D eigenvalue weighted by Crippen LogP contribution is 2.15. The third-order valence-electron chi connectivity index (χ3n) is 3.23. The van der Waals surface area contributed by atoms with Gasteiger partial charge in [0.1, 0.15) is 11.5 Å². The van der Waals surface area contributed by atoms with Crippen molar-refractivity contribution < 1.29 is 24.2 Å². The number of hydrogen-bond donors (Lipinski definition) is 2. The molecule has 0 bridgehead atoms. The molecule has 1 rings (SSSR count). The number of carbonyl (C=O) groups is 2. The van der Waals surface area contributed by atoms with Gasteiger partial charge in [-0.25, -0.2) is 4.79 Å². The summed E-state index contributed by atoms with van der Waals surface area (Å²) in [7, 11) is 1.59. The van der Waals surface area contributed by atoms with Gasteiger partial charge in [-0.05, 0) is 50.5 Å². The van der Waals surface area contributed by atoms with Crippen LogP contribution < -0.4 is 10.2 Å². The van der Waals surface area contributed by atoms with Gasteiger partial charge in [0.05, 0.1) is 19.4 Å². The fourth-order valence-electron chi connectivity index (χ4n) is 1.96. The van der Waals surface area contributed by atoms with Crippen molar-refractivity contribution in [3.63, 3.8) is 0 Å². The normalized spacial score (nSPS) is 11.0. The highest BCUT2D eigenvalue weighted by atomic mass is 16.5. The minimum Gasteiger partial charge on any atom is -0.497 e. The SMILES string of the molecule is CCOC(=O)C(CCCCCC(=O)O)=NNc1ccc(OC)cc1. The minimum absolute atomic E-state index is 0.135. The van der Waals surface area contributed by atoms with Crippen LogP contribution in [0.5, 0.6) is 5.75 Å². The summed E-state index contributed by atoms with van der Waals surface area (Å²) in [6, 6.07) is 7.15. The van der Waals surface area contributed by atoms with E-state index >= 15 is 0 Å². The van der Waals surface area contributed by atoms with Crippen LogP contribution in [-0.4, -0.2) is 36.5 Å². The molecule has 0 radical (unpaired) electrons. The zero-order valence-corrected chi connectivity index (χ0v) is 14.1. The molecule has 2 N–H and O–H groups in total. The summed E-state index contributed by atoms with van der Waals surface area (Å²) in [5.41, 5.74) is 3.85. The van der Waals surface area contributed by atoms with Crippen molar-refractivity contribution >= 4 is 23.3 Å². The molecule has 0 spiro atoms. The van der Waals surface area contributed by atoms with Crippen LogP contribution in [0.15, 0.2) is 29.4 Å². The molecule has 7 heteroatoms. The van der Waals surface area contributed by atoms with Crippen LogP contribution in [0.3, 0.4) is 0 Å². The summed E-state index contributed by atoms with van der Waals surface area (Å²) in [5, 5.41) is 12.7. The van der Waals surface area contributed by atoms with Crippen molar-refractivity contribution in [2.24, 2.45) is 5.10 Å². The molecule has 1 aromatic carbocycles. The molecule has 0 amide bonds. The number of nitrogens with zero attached hydrogens (tertiary/aromatic N) is 1. The maximum atomic E-state index is 11.9. The zero-order valence-electron chi connectivity index (χ0n) is 14.1. The average molecular weight is 336 g/mol. The number of nitrogens with one attached hydrogen (secondary N) is 1. The van der Waals surface area contributed by atoms with Crippen LogP contribution >= 0.6 is 0 Å². The van der Waals surface area contributed by atoms with Crippen LogP contribution in [0.1, 0.15) is 39.0 Å². The number of carboxylic acid groups (broad SMARTS) is 1. The molecule has 0 saturated heterocycles. The van der Waals surface area contributed by atoms with Gasteiger partial charge < -0.3 is 14.6 Å². The van der Waals surface area contributed by atoms with E-state index in [0.717, 1.165) is 11.4 Å². The van der Waals surface area contributed by atoms with Gasteiger partial charge in [0.25, 0.3) is 0 Å². The predicted molar refractivity (Wildman–Crippen MR) is 91.4 cm³/mol. The maximum absolute atomic E-state index is 11.9. The van der Waals surface area contributed by atoms with Gasteiger partial charge in [-0.2, -0.15) is 5.10 Å². The molecule has 0 fully saturated rings. The second kappa shape index (κ2) is 11.0. The quantitative estimate of drug-likeness (QED) is 0.279. The van der Waals surface area contributed by atoms with E-state index in [0.29, 0.717) is 31.4 Å². The summed E-state index contributed by atoms with van der Waals surface area (Å²) >= 11 is 0. The Bertz CT molecular complexity index is 555. The van der Waals surface area contributed by atoms with E-state index in [9.17, 15) is 9.59 Å². The number of carboxylic acids is 1. The standard InChI is InChI=1S/C17H24N2O5/c1-3-24-17(22)15(7-5-4-6-8-16(20)21)19-18-13-9-11-14(23-2)12-10-13/h9-12,18H,3-8H2,1-2H3,(H,20,21). The van der Waals surface area contributed by atoms with Gasteiger partial charge in [-0.1, -0.05) is 6.42 Å². The molecule has 0 aliphatic heterocycles. The van der Waals surface area contributed by atoms with Crippen LogP contribution in [0.4, 0.5) is 5.69 Å². The Morgan fingerprint density at radius 1 is 1.12 bits per heavy atom. The lowest BCUT2D eigenvalue weighted by molar-refractivity contribution is -0.137. The van der Waals surface area contributed by atoms with E-state index in [-0.39, 0.29) is 13.0 Å². The van der Waals surface area contributed by atoms with Crippen LogP contribution in [0.2, 0.25) is 0 Å². The van der Waals surface area contributed by atoms with Gasteiger partial charge in [0.15, 0.2) is 0 Å². The van der Waals surface area contributed by atoms with E-state index in [1.165, 1.54) is 0 Å². The molecule has 0 aliphatic rings. The third-order valence-corrected chi connectivity index (χ3v) is 3.23. The molecule has 132 valence electrons. The Balaban J connectivity index is 2.59. The highest BCUT2D eigenvalue weighted by molar-refractivity contribution is 6.36. The molecular weight excluding hydrogens is 312 g/mol. The number of unbranched alkanes of at least 4 members (excludes halogenated alkanes) is 2. The lowest BCUT2D eigenvalue weighted by atomic mass is 10.1. The lowest BCUT2D eigenvalue weighted by Gasteiger charge is -2.08. The number of carbonyl (C=O) groups excluding carboxylic acids is 1. The molecule has 24 heavy (non-hydrogen) atoms. The lowest BCUT2D eigenvalue weighted by Crippen LogP contribution is -2.19. The Labute approximate surface area is 141 Å². The van der Waals surface area contributed by atoms with Gasteiger partial charge in [0, 0.05) is 6.42 Å². The van der Waals surface area contributed by atoms with Crippen LogP contribution in [0.25, 0.3) is 0 Å². The van der Waals surface area contributed by atoms with E-state index < -0.39 is 11.9 Å². The Kier molecular flexibility index (Phi) is 8.96. The summed E-state index contributed by atoms with van der Waals surface area (Å²) in [4.78, 5) is 22.4. The van der Waals surface area contributed by atoms with Crippen LogP contribution in [0, 0.1) is 0 Å². The summed E-state index contributed by atoms with van der Waals surface area (Å²) < 4.78 is 10.1. The molecule has 1 aromatic rings. The van der Waals surface area contributed by atoms with E-state index in [1.807, 2.05) is 0 Å². The number of anilines is 1. The number of benzene rings is 1. The average Bonchev–Trinajstić information content (AvgIpc) is 2.57. The Hall–Kier alpha value is -2.57. The predicted octanol–water partition coefficient (Wildman–Crippen LogP) is 3.06. The Morgan fingerprint density at radius 3 is 2.38 bits per heavy atom. The zero-order chi connectivity index (χ0) is 17.8. The van der Waals surface area contributed by atoms with Crippen LogP contribution in [-0.2, 0) is 14.3 Å². The summed E-state index contributed by atoms with van der Waals surface area (Å²) in [6.07, 6.45) is 2.54. The van der Waals surface area contributed by atoms with Crippen molar-refractivity contribution in [2.45, 2.75) is 39.0 Å². The van der Waals surface area contributed by atoms with E-state index in [2.05, 4.69) is 10.5 Å². The molecule has 0 heterocycles. The number of aliphatic carboxylic acids is 1. The van der Waals surface area contributed by atoms with Crippen molar-refractivity contribution in [1.29, 1.82) is 0 Å². The van der Waals surface area contributed by atoms with Crippen molar-refractivity contribution in [1.82, 2.24) is 0 Å². The first-order valence-corrected chi connectivity index (χ1v) is 7.92. The number of rotatable bonds is 11. The van der Waals surface area contributed by atoms with Crippen molar-refractivity contribution in [2.75, 3.05) is 19.1 Å². The largest absolute Gasteiger partial charge is 0.497 e. The summed E-state index contributed by atoms with van der Waals surface area (Å²) in [6.45, 7) is 2.01. The second-order valence-corrected chi connectivity index (χ2v) is 5.07. The number of hydrogen-bond acceptors (Lipinski definition) is 6. The number of esters is 1. The van der Waals surface area contributed by atoms with Crippen molar-refractivity contribution in [3.05, 3.63) is 24.3 Å². The first kappa shape index (κ1) is 19.5. The van der Waals surface area contributed by atoms with Gasteiger partial charge >= 0.3 is 11.9 Å². The fraction of sp³-hybridized carbons (Fsp3) is 0.471. The first-order valence-electron chi connectivity index (χ1n) is 7.92. The topological polar surface area (TPSA) is 97.2 Å². The minimum atomic E-state index is -0.810. The fourth-order valence-corrected chi connectivity index (χ4v) is 1.96. The maximum Gasteiger partial charge on any atom is 0.354 e. The van der Waals surface area contributed by atoms with Gasteiger partial charge in [-0.15, -0.1) is 0 Å². The molecular formula is C17H24N2O5. The monoisotopic (exact) mass is 336 g/mol. The summed E-state index contributed by atoms with van der Waals surface area (Å²) in [5.74, 6) is -0.541. The number of methoxy groups -OCH3 is 1. The number of hydrazone groups is 1. The molecule has 7 nitrogen and oxygen atoms in total. The third kappa shape index (κ3) is 7.62. The van der Waals surface area contributed by atoms with Crippen molar-refractivity contribution in [3.8, 4) is 5.75 Å². The molecule has 0 saturated carbocycles. The first-order chi connectivity index (χ1) is 11.6. The van der Waals surface area contributed by atoms with Gasteiger partial charge in [-0.3, -0.25) is 10.2 Å². The van der Waals surface area contributed by atoms with E-state index in [1.54, 1.807) is 38.3 Å². The molecule has 0 aromatic heterocycles. The second-order valence-electron chi connectivity index (χ2n) is 5.07. The number of ether oxygens (including phenoxy) is 2. The highest BCUT2D eigenvalue weighted by Gasteiger charge is 2.12. The molecule has 0 atom stereocenters. The van der Waals surface area contributed by atoms with Gasteiger partial charge in [0.2, 0.25) is 0 Å². The molecule has 0 aliphatic carbocycles.